The van der Waals surface area contributed by atoms with Crippen LogP contribution in [0.15, 0.2) is 48.5 Å². The van der Waals surface area contributed by atoms with E-state index >= 15 is 0 Å². The van der Waals surface area contributed by atoms with Crippen molar-refractivity contribution in [2.45, 2.75) is 6.61 Å². The first-order valence-electron chi connectivity index (χ1n) is 5.67. The highest BCUT2D eigenvalue weighted by Crippen LogP contribution is 2.20. The number of nitro benzene ring substituents is 2. The molecule has 0 bridgehead atoms. The Bertz CT molecular complexity index is 639. The second-order valence-corrected chi connectivity index (χ2v) is 3.97. The van der Waals surface area contributed by atoms with Crippen LogP contribution >= 0.6 is 0 Å². The average Bonchev–Trinajstić information content (AvgIpc) is 2.46. The van der Waals surface area contributed by atoms with Gasteiger partial charge in [0.1, 0.15) is 12.4 Å². The van der Waals surface area contributed by atoms with Crippen LogP contribution in [-0.2, 0) is 6.61 Å². The topological polar surface area (TPSA) is 95.5 Å². The number of nitrogens with zero attached hydrogens (tertiary/aromatic N) is 2. The molecule has 0 aliphatic carbocycles. The molecule has 0 aliphatic rings. The van der Waals surface area contributed by atoms with Crippen LogP contribution in [0.4, 0.5) is 11.4 Å². The molecule has 2 aromatic rings. The van der Waals surface area contributed by atoms with Gasteiger partial charge in [-0.1, -0.05) is 6.07 Å². The van der Waals surface area contributed by atoms with Crippen molar-refractivity contribution in [1.29, 1.82) is 0 Å². The van der Waals surface area contributed by atoms with Gasteiger partial charge in [-0.3, -0.25) is 20.2 Å². The molecule has 0 atom stereocenters. The largest absolute Gasteiger partial charge is 0.489 e. The summed E-state index contributed by atoms with van der Waals surface area (Å²) < 4.78 is 5.41. The standard InChI is InChI=1S/C13H10N2O5/c16-14(17)11-6-4-10(5-7-11)9-20-13-3-1-2-12(8-13)15(18)19/h1-8H,9H2. The van der Waals surface area contributed by atoms with Crippen molar-refractivity contribution >= 4 is 11.4 Å². The van der Waals surface area contributed by atoms with Crippen molar-refractivity contribution in [3.05, 3.63) is 74.3 Å². The van der Waals surface area contributed by atoms with Crippen molar-refractivity contribution < 1.29 is 14.6 Å². The van der Waals surface area contributed by atoms with E-state index in [2.05, 4.69) is 0 Å². The lowest BCUT2D eigenvalue weighted by atomic mass is 10.2. The second kappa shape index (κ2) is 5.79. The Morgan fingerprint density at radius 1 is 0.900 bits per heavy atom. The third kappa shape index (κ3) is 3.29. The van der Waals surface area contributed by atoms with E-state index in [9.17, 15) is 20.2 Å². The number of hydrogen-bond donors (Lipinski definition) is 0. The highest BCUT2D eigenvalue weighted by Gasteiger charge is 2.07. The molecular weight excluding hydrogens is 264 g/mol. The minimum Gasteiger partial charge on any atom is -0.489 e. The number of non-ortho nitro benzene ring substituents is 2. The van der Waals surface area contributed by atoms with E-state index in [1.54, 1.807) is 18.2 Å². The molecule has 0 unspecified atom stereocenters. The predicted octanol–water partition coefficient (Wildman–Crippen LogP) is 3.08. The summed E-state index contributed by atoms with van der Waals surface area (Å²) in [6, 6.07) is 11.8. The molecule has 2 rings (SSSR count). The zero-order valence-corrected chi connectivity index (χ0v) is 10.3. The van der Waals surface area contributed by atoms with Gasteiger partial charge >= 0.3 is 0 Å². The van der Waals surface area contributed by atoms with Crippen molar-refractivity contribution in [3.8, 4) is 5.75 Å². The summed E-state index contributed by atoms with van der Waals surface area (Å²) in [5.41, 5.74) is 0.692. The molecule has 0 aromatic heterocycles. The molecule has 0 aliphatic heterocycles. The molecule has 7 nitrogen and oxygen atoms in total. The van der Waals surface area contributed by atoms with Gasteiger partial charge in [-0.15, -0.1) is 0 Å². The molecule has 20 heavy (non-hydrogen) atoms. The average molecular weight is 274 g/mol. The normalized spacial score (nSPS) is 10.0. The minimum absolute atomic E-state index is 0.00380. The fraction of sp³-hybridized carbons (Fsp3) is 0.0769. The van der Waals surface area contributed by atoms with Gasteiger partial charge in [-0.05, 0) is 23.8 Å². The second-order valence-electron chi connectivity index (χ2n) is 3.97. The number of nitro groups is 2. The van der Waals surface area contributed by atoms with Crippen molar-refractivity contribution in [2.24, 2.45) is 0 Å². The van der Waals surface area contributed by atoms with Crippen molar-refractivity contribution in [2.75, 3.05) is 0 Å². The molecule has 0 radical (unpaired) electrons. The van der Waals surface area contributed by atoms with E-state index < -0.39 is 9.85 Å². The molecular formula is C13H10N2O5. The number of rotatable bonds is 5. The van der Waals surface area contributed by atoms with E-state index in [0.717, 1.165) is 5.56 Å². The number of hydrogen-bond acceptors (Lipinski definition) is 5. The Kier molecular flexibility index (Phi) is 3.90. The Morgan fingerprint density at radius 3 is 2.15 bits per heavy atom. The summed E-state index contributed by atoms with van der Waals surface area (Å²) in [4.78, 5) is 20.1. The monoisotopic (exact) mass is 274 g/mol. The maximum atomic E-state index is 10.6. The Morgan fingerprint density at radius 2 is 1.55 bits per heavy atom. The SMILES string of the molecule is O=[N+]([O-])c1ccc(COc2cccc([N+](=O)[O-])c2)cc1. The van der Waals surface area contributed by atoms with Crippen LogP contribution < -0.4 is 4.74 Å². The van der Waals surface area contributed by atoms with Crippen LogP contribution in [0.2, 0.25) is 0 Å². The predicted molar refractivity (Wildman–Crippen MR) is 70.5 cm³/mol. The molecule has 0 saturated heterocycles. The van der Waals surface area contributed by atoms with E-state index in [1.807, 2.05) is 0 Å². The summed E-state index contributed by atoms with van der Waals surface area (Å²) in [7, 11) is 0. The van der Waals surface area contributed by atoms with Crippen LogP contribution in [0.5, 0.6) is 5.75 Å². The molecule has 7 heteroatoms. The molecule has 0 heterocycles. The molecule has 2 aromatic carbocycles. The van der Waals surface area contributed by atoms with Gasteiger partial charge in [0.05, 0.1) is 15.9 Å². The van der Waals surface area contributed by atoms with Gasteiger partial charge < -0.3 is 4.74 Å². The summed E-state index contributed by atoms with van der Waals surface area (Å²) >= 11 is 0. The molecule has 102 valence electrons. The van der Waals surface area contributed by atoms with Crippen molar-refractivity contribution in [1.82, 2.24) is 0 Å². The van der Waals surface area contributed by atoms with Gasteiger partial charge in [-0.2, -0.15) is 0 Å². The maximum Gasteiger partial charge on any atom is 0.273 e. The van der Waals surface area contributed by atoms with E-state index in [-0.39, 0.29) is 18.0 Å². The van der Waals surface area contributed by atoms with Gasteiger partial charge in [0.2, 0.25) is 0 Å². The van der Waals surface area contributed by atoms with Gasteiger partial charge in [0, 0.05) is 18.2 Å². The lowest BCUT2D eigenvalue weighted by Gasteiger charge is -2.05. The Labute approximate surface area is 113 Å². The van der Waals surface area contributed by atoms with Crippen LogP contribution in [-0.4, -0.2) is 9.85 Å². The third-order valence-corrected chi connectivity index (χ3v) is 2.58. The summed E-state index contributed by atoms with van der Waals surface area (Å²) in [6.45, 7) is 0.180. The van der Waals surface area contributed by atoms with Gasteiger partial charge in [0.15, 0.2) is 0 Å². The van der Waals surface area contributed by atoms with Crippen molar-refractivity contribution in [3.63, 3.8) is 0 Å². The molecule has 0 saturated carbocycles. The highest BCUT2D eigenvalue weighted by atomic mass is 16.6. The molecule has 0 spiro atoms. The summed E-state index contributed by atoms with van der Waals surface area (Å²) in [5, 5.41) is 21.1. The smallest absolute Gasteiger partial charge is 0.273 e. The Hall–Kier alpha value is -2.96. The van der Waals surface area contributed by atoms with E-state index in [1.165, 1.54) is 30.3 Å². The van der Waals surface area contributed by atoms with E-state index in [4.69, 9.17) is 4.74 Å². The lowest BCUT2D eigenvalue weighted by molar-refractivity contribution is -0.385. The quantitative estimate of drug-likeness (QED) is 0.616. The molecule has 0 fully saturated rings. The first-order valence-corrected chi connectivity index (χ1v) is 5.67. The third-order valence-electron chi connectivity index (χ3n) is 2.58. The van der Waals surface area contributed by atoms with Gasteiger partial charge in [-0.25, -0.2) is 0 Å². The first-order chi connectivity index (χ1) is 9.56. The van der Waals surface area contributed by atoms with Gasteiger partial charge in [0.25, 0.3) is 11.4 Å². The first kappa shape index (κ1) is 13.5. The van der Waals surface area contributed by atoms with Crippen LogP contribution in [0, 0.1) is 20.2 Å². The zero-order valence-electron chi connectivity index (χ0n) is 10.3. The van der Waals surface area contributed by atoms with Crippen LogP contribution in [0.3, 0.4) is 0 Å². The fourth-order valence-corrected chi connectivity index (χ4v) is 1.57. The van der Waals surface area contributed by atoms with Crippen LogP contribution in [0.1, 0.15) is 5.56 Å². The number of benzene rings is 2. The maximum absolute atomic E-state index is 10.6. The number of ether oxygens (including phenoxy) is 1. The highest BCUT2D eigenvalue weighted by molar-refractivity contribution is 5.38. The molecule has 0 amide bonds. The minimum atomic E-state index is -0.501. The lowest BCUT2D eigenvalue weighted by Crippen LogP contribution is -1.97. The summed E-state index contributed by atoms with van der Waals surface area (Å²) in [5.74, 6) is 0.373. The summed E-state index contributed by atoms with van der Waals surface area (Å²) in [6.07, 6.45) is 0. The van der Waals surface area contributed by atoms with E-state index in [0.29, 0.717) is 5.75 Å². The Balaban J connectivity index is 2.03. The molecule has 0 N–H and O–H groups in total. The fourth-order valence-electron chi connectivity index (χ4n) is 1.57. The van der Waals surface area contributed by atoms with Crippen LogP contribution in [0.25, 0.3) is 0 Å². The zero-order chi connectivity index (χ0) is 14.5.